The van der Waals surface area contributed by atoms with Gasteiger partial charge in [0.1, 0.15) is 0 Å². The molecule has 2 N–H and O–H groups in total. The molecule has 0 bridgehead atoms. The topological polar surface area (TPSA) is 59.6 Å². The summed E-state index contributed by atoms with van der Waals surface area (Å²) in [4.78, 5) is 11.4. The third kappa shape index (κ3) is 7.18. The maximum Gasteiger partial charge on any atom is 0.315 e. The Balaban J connectivity index is 1.89. The number of nitrogens with one attached hydrogen (secondary N) is 2. The van der Waals surface area contributed by atoms with E-state index in [9.17, 15) is 4.79 Å². The van der Waals surface area contributed by atoms with Crippen LogP contribution in [0.5, 0.6) is 0 Å². The molecule has 1 atom stereocenters. The third-order valence-electron chi connectivity index (χ3n) is 2.64. The predicted octanol–water partition coefficient (Wildman–Crippen LogP) is 1.14. The molecule has 0 radical (unpaired) electrons. The first kappa shape index (κ1) is 14.3. The van der Waals surface area contributed by atoms with Crippen LogP contribution in [0, 0.1) is 5.92 Å². The molecule has 5 heteroatoms. The summed E-state index contributed by atoms with van der Waals surface area (Å²) < 4.78 is 10.6. The maximum absolute atomic E-state index is 11.4. The zero-order chi connectivity index (χ0) is 12.5. The third-order valence-corrected chi connectivity index (χ3v) is 2.64. The predicted molar refractivity (Wildman–Crippen MR) is 66.0 cm³/mol. The molecule has 1 saturated heterocycles. The van der Waals surface area contributed by atoms with E-state index in [1.165, 1.54) is 0 Å². The van der Waals surface area contributed by atoms with Gasteiger partial charge in [-0.1, -0.05) is 13.8 Å². The van der Waals surface area contributed by atoms with E-state index >= 15 is 0 Å². The maximum atomic E-state index is 11.4. The zero-order valence-corrected chi connectivity index (χ0v) is 10.8. The second kappa shape index (κ2) is 8.31. The minimum Gasteiger partial charge on any atom is -0.380 e. The minimum atomic E-state index is -0.132. The molecule has 2 amide bonds. The van der Waals surface area contributed by atoms with E-state index in [1.54, 1.807) is 0 Å². The Morgan fingerprint density at radius 3 is 2.94 bits per heavy atom. The number of hydrogen-bond donors (Lipinski definition) is 2. The second-order valence-corrected chi connectivity index (χ2v) is 4.76. The summed E-state index contributed by atoms with van der Waals surface area (Å²) in [5.41, 5.74) is 0. The van der Waals surface area contributed by atoms with E-state index in [4.69, 9.17) is 9.47 Å². The van der Waals surface area contributed by atoms with Crippen LogP contribution >= 0.6 is 0 Å². The molecule has 5 nitrogen and oxygen atoms in total. The number of amides is 2. The molecule has 0 spiro atoms. The summed E-state index contributed by atoms with van der Waals surface area (Å²) in [6.07, 6.45) is 1.96. The number of ether oxygens (including phenoxy) is 2. The molecular formula is C12H24N2O3. The van der Waals surface area contributed by atoms with Gasteiger partial charge in [0.2, 0.25) is 0 Å². The number of urea groups is 1. The van der Waals surface area contributed by atoms with E-state index in [0.29, 0.717) is 25.7 Å². The molecule has 1 rings (SSSR count). The summed E-state index contributed by atoms with van der Waals surface area (Å²) >= 11 is 0. The first-order chi connectivity index (χ1) is 8.18. The lowest BCUT2D eigenvalue weighted by atomic mass is 10.1. The standard InChI is InChI=1S/C12H24N2O3/c1-10(2)3-6-16-8-5-13-12(15)14-11-4-7-17-9-11/h10-11H,3-9H2,1-2H3,(H2,13,14,15). The molecular weight excluding hydrogens is 220 g/mol. The molecule has 0 aromatic carbocycles. The van der Waals surface area contributed by atoms with Crippen LogP contribution in [-0.4, -0.2) is 45.0 Å². The molecule has 1 heterocycles. The average Bonchev–Trinajstić information content (AvgIpc) is 2.75. The van der Waals surface area contributed by atoms with Crippen LogP contribution < -0.4 is 10.6 Å². The van der Waals surface area contributed by atoms with E-state index in [0.717, 1.165) is 26.1 Å². The number of rotatable bonds is 7. The number of carbonyl (C=O) groups is 1. The van der Waals surface area contributed by atoms with Crippen molar-refractivity contribution < 1.29 is 14.3 Å². The summed E-state index contributed by atoms with van der Waals surface area (Å²) in [5.74, 6) is 0.661. The van der Waals surface area contributed by atoms with Crippen LogP contribution in [0.15, 0.2) is 0 Å². The molecule has 1 fully saturated rings. The van der Waals surface area contributed by atoms with Gasteiger partial charge in [-0.05, 0) is 18.8 Å². The number of hydrogen-bond acceptors (Lipinski definition) is 3. The lowest BCUT2D eigenvalue weighted by Gasteiger charge is -2.12. The smallest absolute Gasteiger partial charge is 0.315 e. The van der Waals surface area contributed by atoms with Crippen LogP contribution in [0.4, 0.5) is 4.79 Å². The van der Waals surface area contributed by atoms with Crippen molar-refractivity contribution in [2.24, 2.45) is 5.92 Å². The lowest BCUT2D eigenvalue weighted by Crippen LogP contribution is -2.43. The van der Waals surface area contributed by atoms with Crippen LogP contribution in [0.3, 0.4) is 0 Å². The molecule has 1 aliphatic rings. The molecule has 0 aromatic heterocycles. The highest BCUT2D eigenvalue weighted by Crippen LogP contribution is 2.02. The summed E-state index contributed by atoms with van der Waals surface area (Å²) in [6.45, 7) is 7.58. The van der Waals surface area contributed by atoms with Crippen molar-refractivity contribution in [1.29, 1.82) is 0 Å². The molecule has 100 valence electrons. The minimum absolute atomic E-state index is 0.132. The van der Waals surface area contributed by atoms with Crippen molar-refractivity contribution in [3.8, 4) is 0 Å². The summed E-state index contributed by atoms with van der Waals surface area (Å²) in [6, 6.07) is 0.0322. The van der Waals surface area contributed by atoms with Gasteiger partial charge >= 0.3 is 6.03 Å². The van der Waals surface area contributed by atoms with Crippen LogP contribution in [0.1, 0.15) is 26.7 Å². The Morgan fingerprint density at radius 1 is 1.47 bits per heavy atom. The zero-order valence-electron chi connectivity index (χ0n) is 10.8. The van der Waals surface area contributed by atoms with Gasteiger partial charge in [-0.25, -0.2) is 4.79 Å². The Labute approximate surface area is 103 Å². The molecule has 17 heavy (non-hydrogen) atoms. The van der Waals surface area contributed by atoms with Gasteiger partial charge in [0.25, 0.3) is 0 Å². The van der Waals surface area contributed by atoms with E-state index in [2.05, 4.69) is 24.5 Å². The second-order valence-electron chi connectivity index (χ2n) is 4.76. The lowest BCUT2D eigenvalue weighted by molar-refractivity contribution is 0.125. The number of carbonyl (C=O) groups excluding carboxylic acids is 1. The van der Waals surface area contributed by atoms with Crippen molar-refractivity contribution in [3.63, 3.8) is 0 Å². The van der Waals surface area contributed by atoms with Gasteiger partial charge in [-0.3, -0.25) is 0 Å². The Bertz CT molecular complexity index is 216. The molecule has 0 aliphatic carbocycles. The van der Waals surface area contributed by atoms with E-state index in [-0.39, 0.29) is 12.1 Å². The van der Waals surface area contributed by atoms with Gasteiger partial charge in [0.05, 0.1) is 19.3 Å². The van der Waals surface area contributed by atoms with Crippen molar-refractivity contribution >= 4 is 6.03 Å². The van der Waals surface area contributed by atoms with Crippen LogP contribution in [0.25, 0.3) is 0 Å². The Hall–Kier alpha value is -0.810. The monoisotopic (exact) mass is 244 g/mol. The molecule has 1 aliphatic heterocycles. The normalized spacial score (nSPS) is 19.6. The largest absolute Gasteiger partial charge is 0.380 e. The Morgan fingerprint density at radius 2 is 2.29 bits per heavy atom. The summed E-state index contributed by atoms with van der Waals surface area (Å²) in [5, 5.41) is 5.62. The van der Waals surface area contributed by atoms with E-state index < -0.39 is 0 Å². The highest BCUT2D eigenvalue weighted by molar-refractivity contribution is 5.74. The van der Waals surface area contributed by atoms with Gasteiger partial charge in [0, 0.05) is 19.8 Å². The van der Waals surface area contributed by atoms with Gasteiger partial charge in [0.15, 0.2) is 0 Å². The van der Waals surface area contributed by atoms with Gasteiger partial charge < -0.3 is 20.1 Å². The molecule has 0 aromatic rings. The fourth-order valence-electron chi connectivity index (χ4n) is 1.54. The highest BCUT2D eigenvalue weighted by Gasteiger charge is 2.17. The first-order valence-corrected chi connectivity index (χ1v) is 6.38. The quantitative estimate of drug-likeness (QED) is 0.660. The van der Waals surface area contributed by atoms with Crippen LogP contribution in [-0.2, 0) is 9.47 Å². The van der Waals surface area contributed by atoms with Gasteiger partial charge in [-0.15, -0.1) is 0 Å². The molecule has 0 saturated carbocycles. The van der Waals surface area contributed by atoms with Crippen molar-refractivity contribution in [1.82, 2.24) is 10.6 Å². The SMILES string of the molecule is CC(C)CCOCCNC(=O)NC1CCOC1. The fraction of sp³-hybridized carbons (Fsp3) is 0.917. The van der Waals surface area contributed by atoms with Crippen molar-refractivity contribution in [2.45, 2.75) is 32.7 Å². The highest BCUT2D eigenvalue weighted by atomic mass is 16.5. The van der Waals surface area contributed by atoms with Crippen molar-refractivity contribution in [3.05, 3.63) is 0 Å². The van der Waals surface area contributed by atoms with Crippen molar-refractivity contribution in [2.75, 3.05) is 33.0 Å². The van der Waals surface area contributed by atoms with Gasteiger partial charge in [-0.2, -0.15) is 0 Å². The van der Waals surface area contributed by atoms with Crippen LogP contribution in [0.2, 0.25) is 0 Å². The average molecular weight is 244 g/mol. The molecule has 1 unspecified atom stereocenters. The fourth-order valence-corrected chi connectivity index (χ4v) is 1.54. The first-order valence-electron chi connectivity index (χ1n) is 6.38. The summed E-state index contributed by atoms with van der Waals surface area (Å²) in [7, 11) is 0. The van der Waals surface area contributed by atoms with E-state index in [1.807, 2.05) is 0 Å². The Kier molecular flexibility index (Phi) is 6.96.